The minimum absolute atomic E-state index is 0.00679. The average molecular weight is 481 g/mol. The third-order valence-electron chi connectivity index (χ3n) is 5.80. The van der Waals surface area contributed by atoms with Crippen molar-refractivity contribution in [2.24, 2.45) is 0 Å². The van der Waals surface area contributed by atoms with Crippen molar-refractivity contribution in [2.45, 2.75) is 13.5 Å². The molecule has 0 unspecified atom stereocenters. The predicted molar refractivity (Wildman–Crippen MR) is 135 cm³/mol. The van der Waals surface area contributed by atoms with Crippen LogP contribution >= 0.6 is 11.6 Å². The van der Waals surface area contributed by atoms with Gasteiger partial charge < -0.3 is 24.0 Å². The third-order valence-corrected chi connectivity index (χ3v) is 6.03. The van der Waals surface area contributed by atoms with Gasteiger partial charge in [0.25, 0.3) is 5.91 Å². The van der Waals surface area contributed by atoms with Crippen molar-refractivity contribution in [1.82, 2.24) is 4.90 Å². The first-order valence-corrected chi connectivity index (χ1v) is 11.8. The van der Waals surface area contributed by atoms with Crippen LogP contribution < -0.4 is 19.1 Å². The molecule has 0 N–H and O–H groups in total. The minimum Gasteiger partial charge on any atom is -0.493 e. The van der Waals surface area contributed by atoms with E-state index in [0.717, 1.165) is 24.3 Å². The van der Waals surface area contributed by atoms with E-state index < -0.39 is 0 Å². The zero-order valence-corrected chi connectivity index (χ0v) is 20.3. The summed E-state index contributed by atoms with van der Waals surface area (Å²) in [6.45, 7) is 5.53. The molecule has 3 aromatic carbocycles. The largest absolute Gasteiger partial charge is 0.493 e. The summed E-state index contributed by atoms with van der Waals surface area (Å²) < 4.78 is 17.2. The summed E-state index contributed by atoms with van der Waals surface area (Å²) in [4.78, 5) is 17.4. The molecule has 0 saturated carbocycles. The average Bonchev–Trinajstić information content (AvgIpc) is 2.88. The number of para-hydroxylation sites is 2. The number of halogens is 1. The van der Waals surface area contributed by atoms with Gasteiger partial charge in [-0.2, -0.15) is 0 Å². The molecule has 34 heavy (non-hydrogen) atoms. The molecule has 0 bridgehead atoms. The Bertz CT molecular complexity index is 1130. The highest BCUT2D eigenvalue weighted by molar-refractivity contribution is 6.30. The summed E-state index contributed by atoms with van der Waals surface area (Å²) in [5.74, 6) is 2.01. The molecular weight excluding hydrogens is 452 g/mol. The fourth-order valence-electron chi connectivity index (χ4n) is 4.04. The van der Waals surface area contributed by atoms with Crippen LogP contribution in [-0.2, 0) is 6.61 Å². The Morgan fingerprint density at radius 1 is 0.882 bits per heavy atom. The van der Waals surface area contributed by atoms with Crippen LogP contribution in [0.1, 0.15) is 22.8 Å². The number of amides is 1. The molecule has 0 aromatic heterocycles. The van der Waals surface area contributed by atoms with Crippen LogP contribution in [0.4, 0.5) is 5.69 Å². The molecule has 7 heteroatoms. The van der Waals surface area contributed by atoms with Crippen LogP contribution in [0, 0.1) is 0 Å². The number of nitrogens with zero attached hydrogens (tertiary/aromatic N) is 2. The van der Waals surface area contributed by atoms with Crippen molar-refractivity contribution < 1.29 is 19.0 Å². The standard InChI is InChI=1S/C27H29ClN2O4/c1-3-33-24-12-11-20(17-21(24)19-34-26-10-5-4-9-25(26)32-2)27(31)30-15-13-29(14-16-30)23-8-6-7-22(28)18-23/h4-12,17-18H,3,13-16,19H2,1-2H3. The lowest BCUT2D eigenvalue weighted by Gasteiger charge is -2.36. The molecule has 4 rings (SSSR count). The van der Waals surface area contributed by atoms with E-state index >= 15 is 0 Å². The summed E-state index contributed by atoms with van der Waals surface area (Å²) in [6.07, 6.45) is 0. The van der Waals surface area contributed by atoms with E-state index in [1.54, 1.807) is 7.11 Å². The first-order valence-electron chi connectivity index (χ1n) is 11.4. The Labute approximate surface area is 205 Å². The maximum atomic E-state index is 13.3. The number of methoxy groups -OCH3 is 1. The van der Waals surface area contributed by atoms with E-state index in [0.29, 0.717) is 47.5 Å². The zero-order valence-electron chi connectivity index (χ0n) is 19.5. The number of carbonyl (C=O) groups excluding carboxylic acids is 1. The van der Waals surface area contributed by atoms with Crippen LogP contribution in [0.15, 0.2) is 66.7 Å². The van der Waals surface area contributed by atoms with Gasteiger partial charge in [0.15, 0.2) is 11.5 Å². The number of piperazine rings is 1. The summed E-state index contributed by atoms with van der Waals surface area (Å²) in [5, 5.41) is 0.716. The number of ether oxygens (including phenoxy) is 3. The molecule has 1 saturated heterocycles. The van der Waals surface area contributed by atoms with Gasteiger partial charge in [-0.3, -0.25) is 4.79 Å². The van der Waals surface area contributed by atoms with E-state index in [9.17, 15) is 4.79 Å². The number of carbonyl (C=O) groups is 1. The lowest BCUT2D eigenvalue weighted by atomic mass is 10.1. The molecule has 0 spiro atoms. The minimum atomic E-state index is 0.00679. The molecule has 3 aromatic rings. The summed E-state index contributed by atoms with van der Waals surface area (Å²) in [7, 11) is 1.61. The Morgan fingerprint density at radius 3 is 2.35 bits per heavy atom. The van der Waals surface area contributed by atoms with Crippen molar-refractivity contribution in [2.75, 3.05) is 44.8 Å². The highest BCUT2D eigenvalue weighted by atomic mass is 35.5. The number of anilines is 1. The fraction of sp³-hybridized carbons (Fsp3) is 0.296. The van der Waals surface area contributed by atoms with E-state index in [-0.39, 0.29) is 12.5 Å². The van der Waals surface area contributed by atoms with Gasteiger partial charge in [-0.25, -0.2) is 0 Å². The molecule has 1 aliphatic rings. The molecule has 6 nitrogen and oxygen atoms in total. The molecule has 1 heterocycles. The second kappa shape index (κ2) is 11.2. The highest BCUT2D eigenvalue weighted by Crippen LogP contribution is 2.29. The van der Waals surface area contributed by atoms with Crippen molar-refractivity contribution in [3.8, 4) is 17.2 Å². The molecule has 0 aliphatic carbocycles. The van der Waals surface area contributed by atoms with Crippen LogP contribution in [0.2, 0.25) is 5.02 Å². The van der Waals surface area contributed by atoms with Gasteiger partial charge in [-0.15, -0.1) is 0 Å². The predicted octanol–water partition coefficient (Wildman–Crippen LogP) is 5.29. The Morgan fingerprint density at radius 2 is 1.65 bits per heavy atom. The SMILES string of the molecule is CCOc1ccc(C(=O)N2CCN(c3cccc(Cl)c3)CC2)cc1COc1ccccc1OC. The number of rotatable bonds is 8. The maximum Gasteiger partial charge on any atom is 0.253 e. The van der Waals surface area contributed by atoms with Crippen LogP contribution in [-0.4, -0.2) is 50.7 Å². The topological polar surface area (TPSA) is 51.2 Å². The fourth-order valence-corrected chi connectivity index (χ4v) is 4.22. The van der Waals surface area contributed by atoms with Crippen LogP contribution in [0.3, 0.4) is 0 Å². The number of benzene rings is 3. The Hall–Kier alpha value is -3.38. The van der Waals surface area contributed by atoms with E-state index in [1.165, 1.54) is 0 Å². The summed E-state index contributed by atoms with van der Waals surface area (Å²) >= 11 is 6.14. The Balaban J connectivity index is 1.45. The quantitative estimate of drug-likeness (QED) is 0.438. The van der Waals surface area contributed by atoms with E-state index in [1.807, 2.05) is 78.6 Å². The van der Waals surface area contributed by atoms with Crippen molar-refractivity contribution in [1.29, 1.82) is 0 Å². The first-order chi connectivity index (χ1) is 16.6. The lowest BCUT2D eigenvalue weighted by molar-refractivity contribution is 0.0746. The normalized spacial score (nSPS) is 13.5. The van der Waals surface area contributed by atoms with Gasteiger partial charge in [0, 0.05) is 48.0 Å². The third kappa shape index (κ3) is 5.57. The second-order valence-electron chi connectivity index (χ2n) is 7.95. The van der Waals surface area contributed by atoms with Gasteiger partial charge >= 0.3 is 0 Å². The Kier molecular flexibility index (Phi) is 7.80. The molecule has 1 aliphatic heterocycles. The lowest BCUT2D eigenvalue weighted by Crippen LogP contribution is -2.48. The van der Waals surface area contributed by atoms with Gasteiger partial charge in [0.1, 0.15) is 12.4 Å². The summed E-state index contributed by atoms with van der Waals surface area (Å²) in [6, 6.07) is 20.8. The highest BCUT2D eigenvalue weighted by Gasteiger charge is 2.23. The molecule has 0 atom stereocenters. The molecule has 1 fully saturated rings. The second-order valence-corrected chi connectivity index (χ2v) is 8.39. The van der Waals surface area contributed by atoms with E-state index in [2.05, 4.69) is 4.90 Å². The monoisotopic (exact) mass is 480 g/mol. The van der Waals surface area contributed by atoms with Crippen molar-refractivity contribution in [3.05, 3.63) is 82.9 Å². The van der Waals surface area contributed by atoms with Crippen molar-refractivity contribution >= 4 is 23.2 Å². The molecule has 0 radical (unpaired) electrons. The summed E-state index contributed by atoms with van der Waals surface area (Å²) in [5.41, 5.74) is 2.52. The maximum absolute atomic E-state index is 13.3. The molecule has 1 amide bonds. The van der Waals surface area contributed by atoms with Crippen LogP contribution in [0.25, 0.3) is 0 Å². The smallest absolute Gasteiger partial charge is 0.253 e. The molecular formula is C27H29ClN2O4. The van der Waals surface area contributed by atoms with Gasteiger partial charge in [0.2, 0.25) is 0 Å². The van der Waals surface area contributed by atoms with Gasteiger partial charge in [-0.1, -0.05) is 29.8 Å². The first kappa shape index (κ1) is 23.8. The molecule has 178 valence electrons. The van der Waals surface area contributed by atoms with Crippen LogP contribution in [0.5, 0.6) is 17.2 Å². The van der Waals surface area contributed by atoms with E-state index in [4.69, 9.17) is 25.8 Å². The van der Waals surface area contributed by atoms with Gasteiger partial charge in [-0.05, 0) is 55.5 Å². The van der Waals surface area contributed by atoms with Gasteiger partial charge in [0.05, 0.1) is 13.7 Å². The number of hydrogen-bond donors (Lipinski definition) is 0. The number of hydrogen-bond acceptors (Lipinski definition) is 5. The zero-order chi connectivity index (χ0) is 23.9. The van der Waals surface area contributed by atoms with Crippen molar-refractivity contribution in [3.63, 3.8) is 0 Å².